The van der Waals surface area contributed by atoms with Crippen LogP contribution in [0.3, 0.4) is 0 Å². The van der Waals surface area contributed by atoms with E-state index in [9.17, 15) is 5.11 Å². The summed E-state index contributed by atoms with van der Waals surface area (Å²) in [6.45, 7) is 0. The number of aromatic nitrogens is 3. The number of aliphatic hydroxyl groups is 1. The van der Waals surface area contributed by atoms with E-state index in [2.05, 4.69) is 15.2 Å². The quantitative estimate of drug-likeness (QED) is 0.677. The van der Waals surface area contributed by atoms with Crippen LogP contribution in [0.5, 0.6) is 0 Å². The fraction of sp³-hybridized carbons (Fsp3) is 0.0667. The molecule has 1 aromatic carbocycles. The Kier molecular flexibility index (Phi) is 3.18. The van der Waals surface area contributed by atoms with Crippen molar-refractivity contribution in [1.29, 1.82) is 0 Å². The van der Waals surface area contributed by atoms with E-state index < -0.39 is 6.10 Å². The highest BCUT2D eigenvalue weighted by molar-refractivity contribution is 5.64. The number of anilines is 1. The number of nitrogens with zero attached hydrogens (tertiary/aromatic N) is 2. The average Bonchev–Trinajstić information content (AvgIpc) is 2.97. The standard InChI is InChI=1S/C15H14N4O/c16-13-6-7-17-8-11(13)15(20)12-9-18-19-14(12)10-4-2-1-3-5-10/h1-9,15,20H,(H2,16,17)(H,18,19). The van der Waals surface area contributed by atoms with Gasteiger partial charge in [-0.05, 0) is 11.6 Å². The van der Waals surface area contributed by atoms with E-state index in [0.717, 1.165) is 11.3 Å². The van der Waals surface area contributed by atoms with Gasteiger partial charge in [0.25, 0.3) is 0 Å². The first-order valence-corrected chi connectivity index (χ1v) is 6.23. The molecule has 2 aromatic heterocycles. The van der Waals surface area contributed by atoms with E-state index in [1.807, 2.05) is 30.3 Å². The van der Waals surface area contributed by atoms with Gasteiger partial charge >= 0.3 is 0 Å². The van der Waals surface area contributed by atoms with Gasteiger partial charge in [-0.1, -0.05) is 30.3 Å². The van der Waals surface area contributed by atoms with Gasteiger partial charge in [-0.2, -0.15) is 5.10 Å². The summed E-state index contributed by atoms with van der Waals surface area (Å²) in [5.41, 5.74) is 9.38. The summed E-state index contributed by atoms with van der Waals surface area (Å²) in [7, 11) is 0. The van der Waals surface area contributed by atoms with Gasteiger partial charge in [0.05, 0.1) is 11.9 Å². The predicted octanol–water partition coefficient (Wildman–Crippen LogP) is 2.14. The van der Waals surface area contributed by atoms with Gasteiger partial charge in [0.2, 0.25) is 0 Å². The number of hydrogen-bond donors (Lipinski definition) is 3. The number of nitrogen functional groups attached to an aromatic ring is 1. The van der Waals surface area contributed by atoms with Gasteiger partial charge in [-0.3, -0.25) is 10.1 Å². The molecule has 2 heterocycles. The van der Waals surface area contributed by atoms with E-state index in [0.29, 0.717) is 16.8 Å². The zero-order chi connectivity index (χ0) is 13.9. The van der Waals surface area contributed by atoms with Gasteiger partial charge in [-0.25, -0.2) is 0 Å². The second kappa shape index (κ2) is 5.14. The van der Waals surface area contributed by atoms with Crippen molar-refractivity contribution < 1.29 is 5.11 Å². The number of aliphatic hydroxyl groups excluding tert-OH is 1. The molecule has 0 amide bonds. The molecule has 3 aromatic rings. The monoisotopic (exact) mass is 266 g/mol. The molecule has 4 N–H and O–H groups in total. The first-order valence-electron chi connectivity index (χ1n) is 6.23. The summed E-state index contributed by atoms with van der Waals surface area (Å²) in [6.07, 6.45) is 3.91. The first-order chi connectivity index (χ1) is 9.77. The summed E-state index contributed by atoms with van der Waals surface area (Å²) in [4.78, 5) is 4.01. The highest BCUT2D eigenvalue weighted by Crippen LogP contribution is 2.31. The highest BCUT2D eigenvalue weighted by atomic mass is 16.3. The summed E-state index contributed by atoms with van der Waals surface area (Å²) < 4.78 is 0. The Hall–Kier alpha value is -2.66. The molecule has 5 nitrogen and oxygen atoms in total. The van der Waals surface area contributed by atoms with Crippen LogP contribution in [-0.4, -0.2) is 20.3 Å². The van der Waals surface area contributed by atoms with Crippen LogP contribution in [0.25, 0.3) is 11.3 Å². The number of nitrogens with two attached hydrogens (primary N) is 1. The molecule has 0 spiro atoms. The van der Waals surface area contributed by atoms with Crippen molar-refractivity contribution in [3.63, 3.8) is 0 Å². The maximum absolute atomic E-state index is 10.5. The number of rotatable bonds is 3. The van der Waals surface area contributed by atoms with Crippen LogP contribution >= 0.6 is 0 Å². The number of pyridine rings is 1. The van der Waals surface area contributed by atoms with Gasteiger partial charge in [-0.15, -0.1) is 0 Å². The second-order valence-corrected chi connectivity index (χ2v) is 4.47. The van der Waals surface area contributed by atoms with E-state index in [-0.39, 0.29) is 0 Å². The molecule has 20 heavy (non-hydrogen) atoms. The zero-order valence-electron chi connectivity index (χ0n) is 10.7. The molecule has 0 saturated heterocycles. The molecule has 100 valence electrons. The molecular formula is C15H14N4O. The molecule has 5 heteroatoms. The Morgan fingerprint density at radius 3 is 2.60 bits per heavy atom. The van der Waals surface area contributed by atoms with Crippen LogP contribution in [0.1, 0.15) is 17.2 Å². The van der Waals surface area contributed by atoms with Crippen molar-refractivity contribution in [3.8, 4) is 11.3 Å². The minimum absolute atomic E-state index is 0.507. The van der Waals surface area contributed by atoms with Gasteiger partial charge in [0.1, 0.15) is 6.10 Å². The van der Waals surface area contributed by atoms with Crippen molar-refractivity contribution in [2.24, 2.45) is 0 Å². The largest absolute Gasteiger partial charge is 0.398 e. The number of nitrogens with one attached hydrogen (secondary N) is 1. The Balaban J connectivity index is 2.04. The van der Waals surface area contributed by atoms with Crippen LogP contribution in [0.4, 0.5) is 5.69 Å². The summed E-state index contributed by atoms with van der Waals surface area (Å²) in [5, 5.41) is 17.5. The number of hydrogen-bond acceptors (Lipinski definition) is 4. The molecule has 0 aliphatic heterocycles. The van der Waals surface area contributed by atoms with E-state index >= 15 is 0 Å². The number of benzene rings is 1. The third-order valence-electron chi connectivity index (χ3n) is 3.21. The second-order valence-electron chi connectivity index (χ2n) is 4.47. The molecule has 1 atom stereocenters. The predicted molar refractivity (Wildman–Crippen MR) is 76.7 cm³/mol. The third-order valence-corrected chi connectivity index (χ3v) is 3.21. The van der Waals surface area contributed by atoms with Crippen LogP contribution in [0, 0.1) is 0 Å². The molecule has 0 aliphatic rings. The number of aromatic amines is 1. The minimum atomic E-state index is -0.863. The van der Waals surface area contributed by atoms with Gasteiger partial charge in [0.15, 0.2) is 0 Å². The van der Waals surface area contributed by atoms with Crippen molar-refractivity contribution in [2.75, 3.05) is 5.73 Å². The summed E-state index contributed by atoms with van der Waals surface area (Å²) in [5.74, 6) is 0. The lowest BCUT2D eigenvalue weighted by molar-refractivity contribution is 0.221. The third kappa shape index (κ3) is 2.15. The molecule has 1 unspecified atom stereocenters. The summed E-state index contributed by atoms with van der Waals surface area (Å²) in [6, 6.07) is 11.4. The van der Waals surface area contributed by atoms with E-state index in [1.165, 1.54) is 0 Å². The van der Waals surface area contributed by atoms with Crippen LogP contribution in [0.15, 0.2) is 55.0 Å². The molecule has 0 bridgehead atoms. The Morgan fingerprint density at radius 1 is 1.05 bits per heavy atom. The minimum Gasteiger partial charge on any atom is -0.398 e. The van der Waals surface area contributed by atoms with E-state index in [1.54, 1.807) is 24.7 Å². The molecule has 0 saturated carbocycles. The maximum Gasteiger partial charge on any atom is 0.111 e. The van der Waals surface area contributed by atoms with E-state index in [4.69, 9.17) is 5.73 Å². The average molecular weight is 266 g/mol. The lowest BCUT2D eigenvalue weighted by Gasteiger charge is -2.13. The number of H-pyrrole nitrogens is 1. The van der Waals surface area contributed by atoms with Crippen molar-refractivity contribution in [2.45, 2.75) is 6.10 Å². The molecule has 0 radical (unpaired) electrons. The lowest BCUT2D eigenvalue weighted by atomic mass is 9.99. The zero-order valence-corrected chi connectivity index (χ0v) is 10.7. The van der Waals surface area contributed by atoms with Gasteiger partial charge in [0, 0.05) is 29.2 Å². The first kappa shape index (κ1) is 12.4. The fourth-order valence-electron chi connectivity index (χ4n) is 2.15. The maximum atomic E-state index is 10.5. The van der Waals surface area contributed by atoms with Crippen LogP contribution in [-0.2, 0) is 0 Å². The topological polar surface area (TPSA) is 87.8 Å². The van der Waals surface area contributed by atoms with Crippen LogP contribution < -0.4 is 5.73 Å². The Bertz CT molecular complexity index is 709. The fourth-order valence-corrected chi connectivity index (χ4v) is 2.15. The molecule has 3 rings (SSSR count). The SMILES string of the molecule is Nc1ccncc1C(O)c1cn[nH]c1-c1ccccc1. The Morgan fingerprint density at radius 2 is 1.85 bits per heavy atom. The van der Waals surface area contributed by atoms with Crippen molar-refractivity contribution in [1.82, 2.24) is 15.2 Å². The highest BCUT2D eigenvalue weighted by Gasteiger charge is 2.19. The molecular weight excluding hydrogens is 252 g/mol. The lowest BCUT2D eigenvalue weighted by Crippen LogP contribution is -2.04. The van der Waals surface area contributed by atoms with Gasteiger partial charge < -0.3 is 10.8 Å². The Labute approximate surface area is 116 Å². The van der Waals surface area contributed by atoms with Crippen molar-refractivity contribution >= 4 is 5.69 Å². The normalized spacial score (nSPS) is 12.2. The smallest absolute Gasteiger partial charge is 0.111 e. The van der Waals surface area contributed by atoms with Crippen LogP contribution in [0.2, 0.25) is 0 Å². The molecule has 0 aliphatic carbocycles. The molecule has 0 fully saturated rings. The summed E-state index contributed by atoms with van der Waals surface area (Å²) >= 11 is 0. The van der Waals surface area contributed by atoms with Crippen molar-refractivity contribution in [3.05, 3.63) is 66.1 Å².